The maximum Gasteiger partial charge on any atom is 0.170 e. The van der Waals surface area contributed by atoms with E-state index in [1.54, 1.807) is 0 Å². The van der Waals surface area contributed by atoms with Crippen molar-refractivity contribution in [1.82, 2.24) is 19.8 Å². The van der Waals surface area contributed by atoms with Crippen LogP contribution >= 0.6 is 23.8 Å². The largest absolute Gasteiger partial charge is 0.352 e. The van der Waals surface area contributed by atoms with Crippen LogP contribution in [0.2, 0.25) is 5.02 Å². The topological polar surface area (TPSA) is 33.1 Å². The minimum atomic E-state index is 0.0210. The zero-order chi connectivity index (χ0) is 23.1. The normalized spacial score (nSPS) is 21.5. The Bertz CT molecular complexity index is 1170. The highest BCUT2D eigenvalue weighted by atomic mass is 35.5. The van der Waals surface area contributed by atoms with Gasteiger partial charge in [0.25, 0.3) is 0 Å². The van der Waals surface area contributed by atoms with Crippen LogP contribution in [0.3, 0.4) is 0 Å². The molecular weight excluding hydrogens is 448 g/mol. The number of aromatic nitrogens is 2. The Morgan fingerprint density at radius 3 is 2.48 bits per heavy atom. The number of halogens is 1. The smallest absolute Gasteiger partial charge is 0.170 e. The summed E-state index contributed by atoms with van der Waals surface area (Å²) < 4.78 is 2.34. The van der Waals surface area contributed by atoms with Gasteiger partial charge in [0.1, 0.15) is 0 Å². The van der Waals surface area contributed by atoms with Crippen molar-refractivity contribution in [1.29, 1.82) is 0 Å². The molecule has 2 aromatic heterocycles. The van der Waals surface area contributed by atoms with Crippen molar-refractivity contribution in [2.45, 2.75) is 71.0 Å². The zero-order valence-corrected chi connectivity index (χ0v) is 21.1. The summed E-state index contributed by atoms with van der Waals surface area (Å²) in [6.45, 7) is 6.68. The number of nitrogens with one attached hydrogen (secondary N) is 1. The second-order valence-corrected chi connectivity index (χ2v) is 10.2. The van der Waals surface area contributed by atoms with Crippen molar-refractivity contribution >= 4 is 28.9 Å². The Hall–Kier alpha value is -2.37. The first-order chi connectivity index (χ1) is 16.0. The zero-order valence-electron chi connectivity index (χ0n) is 19.5. The summed E-state index contributed by atoms with van der Waals surface area (Å²) in [5, 5.41) is 5.27. The molecule has 4 nitrogen and oxygen atoms in total. The summed E-state index contributed by atoms with van der Waals surface area (Å²) in [5.41, 5.74) is 7.28. The molecule has 3 aromatic rings. The third-order valence-corrected chi connectivity index (χ3v) is 8.04. The van der Waals surface area contributed by atoms with Gasteiger partial charge in [-0.05, 0) is 81.7 Å². The van der Waals surface area contributed by atoms with Gasteiger partial charge in [-0.25, -0.2) is 0 Å². The summed E-state index contributed by atoms with van der Waals surface area (Å²) in [7, 11) is 0. The molecule has 0 bridgehead atoms. The van der Waals surface area contributed by atoms with E-state index < -0.39 is 0 Å². The summed E-state index contributed by atoms with van der Waals surface area (Å²) in [5.74, 6) is 0. The molecule has 1 aromatic carbocycles. The van der Waals surface area contributed by atoms with E-state index in [9.17, 15) is 0 Å². The molecule has 1 aliphatic heterocycles. The molecule has 2 unspecified atom stereocenters. The van der Waals surface area contributed by atoms with Gasteiger partial charge in [0.2, 0.25) is 0 Å². The predicted octanol–water partition coefficient (Wildman–Crippen LogP) is 6.76. The molecule has 2 atom stereocenters. The number of thiocarbonyl (C=S) groups is 1. The standard InChI is InChI=1S/C27H31ClN4S/c1-17-18(2)31(22-13-9-10-20(28)16-22)19(3)24(17)26-25(23-14-7-8-15-29-23)30-27(33)32(26)21-11-5-4-6-12-21/h7-10,13-16,21,25-26H,4-6,11-12H2,1-3H3,(H,30,33). The van der Waals surface area contributed by atoms with Gasteiger partial charge in [0, 0.05) is 39.9 Å². The Labute approximate surface area is 207 Å². The molecule has 2 aliphatic rings. The lowest BCUT2D eigenvalue weighted by atomic mass is 9.89. The van der Waals surface area contributed by atoms with Crippen molar-refractivity contribution in [3.8, 4) is 5.69 Å². The summed E-state index contributed by atoms with van der Waals surface area (Å²) >= 11 is 12.3. The molecule has 6 heteroatoms. The number of hydrogen-bond donors (Lipinski definition) is 1. The average Bonchev–Trinajstić information content (AvgIpc) is 3.27. The maximum atomic E-state index is 6.36. The van der Waals surface area contributed by atoms with Gasteiger partial charge >= 0.3 is 0 Å². The van der Waals surface area contributed by atoms with Crippen LogP contribution in [0.15, 0.2) is 48.7 Å². The van der Waals surface area contributed by atoms with Crippen LogP contribution < -0.4 is 5.32 Å². The van der Waals surface area contributed by atoms with Crippen LogP contribution in [0, 0.1) is 20.8 Å². The van der Waals surface area contributed by atoms with Crippen LogP contribution in [0.1, 0.15) is 72.4 Å². The Morgan fingerprint density at radius 2 is 1.79 bits per heavy atom. The van der Waals surface area contributed by atoms with Crippen LogP contribution in [0.4, 0.5) is 0 Å². The van der Waals surface area contributed by atoms with E-state index in [0.29, 0.717) is 6.04 Å². The predicted molar refractivity (Wildman–Crippen MR) is 139 cm³/mol. The Kier molecular flexibility index (Phi) is 6.19. The lowest BCUT2D eigenvalue weighted by Crippen LogP contribution is -2.40. The SMILES string of the molecule is Cc1c(C2C(c3ccccn3)NC(=S)N2C2CCCCC2)c(C)n(-c2cccc(Cl)c2)c1C. The van der Waals surface area contributed by atoms with Crippen molar-refractivity contribution in [3.63, 3.8) is 0 Å². The molecule has 33 heavy (non-hydrogen) atoms. The van der Waals surface area contributed by atoms with Crippen LogP contribution in [-0.4, -0.2) is 25.6 Å². The van der Waals surface area contributed by atoms with Gasteiger partial charge in [-0.2, -0.15) is 0 Å². The highest BCUT2D eigenvalue weighted by Crippen LogP contribution is 2.46. The third kappa shape index (κ3) is 3.95. The van der Waals surface area contributed by atoms with E-state index in [4.69, 9.17) is 28.8 Å². The molecular formula is C27H31ClN4S. The van der Waals surface area contributed by atoms with Crippen molar-refractivity contribution in [3.05, 3.63) is 81.9 Å². The number of rotatable bonds is 4. The second kappa shape index (κ2) is 9.11. The van der Waals surface area contributed by atoms with E-state index in [-0.39, 0.29) is 12.1 Å². The average molecular weight is 479 g/mol. The fourth-order valence-electron chi connectivity index (χ4n) is 5.87. The minimum Gasteiger partial charge on any atom is -0.352 e. The molecule has 2 fully saturated rings. The van der Waals surface area contributed by atoms with Crippen LogP contribution in [-0.2, 0) is 0 Å². The molecule has 3 heterocycles. The first-order valence-electron chi connectivity index (χ1n) is 11.9. The fourth-order valence-corrected chi connectivity index (χ4v) is 6.45. The van der Waals surface area contributed by atoms with Gasteiger partial charge < -0.3 is 14.8 Å². The van der Waals surface area contributed by atoms with Crippen LogP contribution in [0.25, 0.3) is 5.69 Å². The lowest BCUT2D eigenvalue weighted by Gasteiger charge is -2.37. The highest BCUT2D eigenvalue weighted by Gasteiger charge is 2.45. The number of pyridine rings is 1. The molecule has 0 amide bonds. The molecule has 0 radical (unpaired) electrons. The first kappa shape index (κ1) is 22.4. The van der Waals surface area contributed by atoms with Gasteiger partial charge in [-0.15, -0.1) is 0 Å². The quantitative estimate of drug-likeness (QED) is 0.420. The number of nitrogens with zero attached hydrogens (tertiary/aromatic N) is 3. The van der Waals surface area contributed by atoms with Gasteiger partial charge in [0.05, 0.1) is 17.8 Å². The molecule has 1 aliphatic carbocycles. The van der Waals surface area contributed by atoms with Gasteiger partial charge in [0.15, 0.2) is 5.11 Å². The second-order valence-electron chi connectivity index (χ2n) is 9.35. The summed E-state index contributed by atoms with van der Waals surface area (Å²) in [6.07, 6.45) is 8.12. The lowest BCUT2D eigenvalue weighted by molar-refractivity contribution is 0.196. The molecule has 1 N–H and O–H groups in total. The minimum absolute atomic E-state index is 0.0210. The molecule has 0 spiro atoms. The van der Waals surface area contributed by atoms with Crippen molar-refractivity contribution in [2.24, 2.45) is 0 Å². The molecule has 172 valence electrons. The maximum absolute atomic E-state index is 6.36. The van der Waals surface area contributed by atoms with Crippen LogP contribution in [0.5, 0.6) is 0 Å². The van der Waals surface area contributed by atoms with Gasteiger partial charge in [-0.3, -0.25) is 4.98 Å². The van der Waals surface area contributed by atoms with Crippen molar-refractivity contribution < 1.29 is 0 Å². The number of benzene rings is 1. The summed E-state index contributed by atoms with van der Waals surface area (Å²) in [6, 6.07) is 14.9. The van der Waals surface area contributed by atoms with E-state index in [1.807, 2.05) is 30.5 Å². The highest BCUT2D eigenvalue weighted by molar-refractivity contribution is 7.80. The monoisotopic (exact) mass is 478 g/mol. The molecule has 1 saturated carbocycles. The van der Waals surface area contributed by atoms with E-state index in [0.717, 1.165) is 21.5 Å². The van der Waals surface area contributed by atoms with E-state index >= 15 is 0 Å². The fraction of sp³-hybridized carbons (Fsp3) is 0.407. The Morgan fingerprint density at radius 1 is 1.00 bits per heavy atom. The molecule has 1 saturated heterocycles. The third-order valence-electron chi connectivity index (χ3n) is 7.47. The van der Waals surface area contributed by atoms with E-state index in [2.05, 4.69) is 53.8 Å². The number of hydrogen-bond acceptors (Lipinski definition) is 2. The molecule has 5 rings (SSSR count). The van der Waals surface area contributed by atoms with Gasteiger partial charge in [-0.1, -0.05) is 43.0 Å². The van der Waals surface area contributed by atoms with Crippen molar-refractivity contribution in [2.75, 3.05) is 0 Å². The van der Waals surface area contributed by atoms with E-state index in [1.165, 1.54) is 54.6 Å². The first-order valence-corrected chi connectivity index (χ1v) is 12.7. The summed E-state index contributed by atoms with van der Waals surface area (Å²) in [4.78, 5) is 7.24. The Balaban J connectivity index is 1.67.